The number of hydrogen-bond acceptors (Lipinski definition) is 6. The van der Waals surface area contributed by atoms with Gasteiger partial charge in [0, 0.05) is 31.0 Å². The van der Waals surface area contributed by atoms with Gasteiger partial charge in [0.25, 0.3) is 0 Å². The highest BCUT2D eigenvalue weighted by Crippen LogP contribution is 2.23. The van der Waals surface area contributed by atoms with E-state index in [9.17, 15) is 4.39 Å². The first kappa shape index (κ1) is 18.7. The third-order valence-electron chi connectivity index (χ3n) is 3.94. The van der Waals surface area contributed by atoms with E-state index in [0.717, 1.165) is 12.2 Å². The first-order valence-corrected chi connectivity index (χ1v) is 8.73. The van der Waals surface area contributed by atoms with Gasteiger partial charge in [-0.2, -0.15) is 4.98 Å². The minimum atomic E-state index is -0.261. The van der Waals surface area contributed by atoms with Crippen LogP contribution in [-0.4, -0.2) is 47.0 Å². The summed E-state index contributed by atoms with van der Waals surface area (Å²) in [7, 11) is 4.01. The van der Waals surface area contributed by atoms with E-state index in [0.29, 0.717) is 35.3 Å². The minimum absolute atomic E-state index is 0.261. The second-order valence-electron chi connectivity index (χ2n) is 6.50. The molecule has 0 aliphatic rings. The quantitative estimate of drug-likeness (QED) is 0.665. The monoisotopic (exact) mass is 366 g/mol. The number of nitrogens with one attached hydrogen (secondary N) is 2. The number of nitrogens with zero attached hydrogens (tertiary/aromatic N) is 4. The van der Waals surface area contributed by atoms with E-state index < -0.39 is 0 Å². The summed E-state index contributed by atoms with van der Waals surface area (Å²) in [6.45, 7) is 3.29. The Hall–Kier alpha value is -3.06. The molecule has 27 heavy (non-hydrogen) atoms. The SMILES string of the molecule is Cc1ccc(Nc2cc(-c3ccccn3)nc(NCCN(C)C)n2)cc1F. The van der Waals surface area contributed by atoms with Crippen molar-refractivity contribution < 1.29 is 4.39 Å². The lowest BCUT2D eigenvalue weighted by atomic mass is 10.2. The molecule has 2 aromatic heterocycles. The fourth-order valence-electron chi connectivity index (χ4n) is 2.45. The number of hydrogen-bond donors (Lipinski definition) is 2. The van der Waals surface area contributed by atoms with Crippen molar-refractivity contribution >= 4 is 17.5 Å². The van der Waals surface area contributed by atoms with E-state index in [1.54, 1.807) is 25.3 Å². The summed E-state index contributed by atoms with van der Waals surface area (Å²) in [6, 6.07) is 12.5. The normalized spacial score (nSPS) is 10.9. The number of likely N-dealkylation sites (N-methyl/N-ethyl adjacent to an activating group) is 1. The van der Waals surface area contributed by atoms with E-state index in [4.69, 9.17) is 0 Å². The van der Waals surface area contributed by atoms with Crippen LogP contribution in [0, 0.1) is 12.7 Å². The lowest BCUT2D eigenvalue weighted by Gasteiger charge is -2.13. The van der Waals surface area contributed by atoms with Crippen molar-refractivity contribution in [2.24, 2.45) is 0 Å². The number of aryl methyl sites for hydroxylation is 1. The predicted octanol–water partition coefficient (Wildman–Crippen LogP) is 3.70. The molecule has 0 bridgehead atoms. The fourth-order valence-corrected chi connectivity index (χ4v) is 2.45. The van der Waals surface area contributed by atoms with E-state index in [1.165, 1.54) is 6.07 Å². The molecule has 140 valence electrons. The van der Waals surface area contributed by atoms with Crippen LogP contribution in [0.25, 0.3) is 11.4 Å². The van der Waals surface area contributed by atoms with Gasteiger partial charge in [-0.1, -0.05) is 12.1 Å². The molecule has 0 fully saturated rings. The molecule has 0 spiro atoms. The number of aromatic nitrogens is 3. The number of pyridine rings is 1. The number of benzene rings is 1. The molecule has 3 rings (SSSR count). The second-order valence-corrected chi connectivity index (χ2v) is 6.50. The fraction of sp³-hybridized carbons (Fsp3) is 0.250. The third kappa shape index (κ3) is 5.21. The van der Waals surface area contributed by atoms with Gasteiger partial charge in [-0.15, -0.1) is 0 Å². The molecular formula is C20H23FN6. The van der Waals surface area contributed by atoms with Crippen LogP contribution in [0.1, 0.15) is 5.56 Å². The molecule has 2 heterocycles. The van der Waals surface area contributed by atoms with Crippen LogP contribution in [0.5, 0.6) is 0 Å². The number of halogens is 1. The zero-order valence-corrected chi connectivity index (χ0v) is 15.7. The molecule has 2 N–H and O–H groups in total. The van der Waals surface area contributed by atoms with Gasteiger partial charge in [0.05, 0.1) is 11.4 Å². The Morgan fingerprint density at radius 3 is 2.59 bits per heavy atom. The Morgan fingerprint density at radius 2 is 1.89 bits per heavy atom. The Kier molecular flexibility index (Phi) is 5.93. The van der Waals surface area contributed by atoms with Crippen molar-refractivity contribution in [3.63, 3.8) is 0 Å². The van der Waals surface area contributed by atoms with Crippen LogP contribution in [-0.2, 0) is 0 Å². The average molecular weight is 366 g/mol. The van der Waals surface area contributed by atoms with Crippen molar-refractivity contribution in [1.82, 2.24) is 19.9 Å². The predicted molar refractivity (Wildman–Crippen MR) is 107 cm³/mol. The van der Waals surface area contributed by atoms with Crippen molar-refractivity contribution in [1.29, 1.82) is 0 Å². The maximum absolute atomic E-state index is 13.8. The van der Waals surface area contributed by atoms with Crippen LogP contribution < -0.4 is 10.6 Å². The minimum Gasteiger partial charge on any atom is -0.353 e. The average Bonchev–Trinajstić information content (AvgIpc) is 2.65. The van der Waals surface area contributed by atoms with E-state index >= 15 is 0 Å². The van der Waals surface area contributed by atoms with E-state index in [-0.39, 0.29) is 5.82 Å². The van der Waals surface area contributed by atoms with Crippen LogP contribution in [0.15, 0.2) is 48.7 Å². The molecular weight excluding hydrogens is 343 g/mol. The highest BCUT2D eigenvalue weighted by molar-refractivity contribution is 5.65. The molecule has 0 saturated carbocycles. The van der Waals surface area contributed by atoms with Crippen molar-refractivity contribution in [3.05, 3.63) is 60.0 Å². The summed E-state index contributed by atoms with van der Waals surface area (Å²) in [6.07, 6.45) is 1.72. The van der Waals surface area contributed by atoms with Gasteiger partial charge < -0.3 is 15.5 Å². The molecule has 0 atom stereocenters. The molecule has 6 nitrogen and oxygen atoms in total. The summed E-state index contributed by atoms with van der Waals surface area (Å²) in [5.41, 5.74) is 2.66. The first-order chi connectivity index (χ1) is 13.0. The zero-order chi connectivity index (χ0) is 19.2. The Morgan fingerprint density at radius 1 is 1.04 bits per heavy atom. The molecule has 0 aliphatic heterocycles. The van der Waals surface area contributed by atoms with Crippen LogP contribution in [0.3, 0.4) is 0 Å². The van der Waals surface area contributed by atoms with Gasteiger partial charge in [0.2, 0.25) is 5.95 Å². The van der Waals surface area contributed by atoms with Crippen LogP contribution in [0.4, 0.5) is 21.8 Å². The maximum atomic E-state index is 13.8. The van der Waals surface area contributed by atoms with E-state index in [1.807, 2.05) is 38.4 Å². The highest BCUT2D eigenvalue weighted by Gasteiger charge is 2.09. The third-order valence-corrected chi connectivity index (χ3v) is 3.94. The highest BCUT2D eigenvalue weighted by atomic mass is 19.1. The molecule has 0 aliphatic carbocycles. The summed E-state index contributed by atoms with van der Waals surface area (Å²) >= 11 is 0. The zero-order valence-electron chi connectivity index (χ0n) is 15.7. The molecule has 0 amide bonds. The van der Waals surface area contributed by atoms with Gasteiger partial charge in [-0.3, -0.25) is 4.98 Å². The largest absolute Gasteiger partial charge is 0.353 e. The first-order valence-electron chi connectivity index (χ1n) is 8.73. The van der Waals surface area contributed by atoms with E-state index in [2.05, 4.69) is 30.5 Å². The molecule has 0 radical (unpaired) electrons. The summed E-state index contributed by atoms with van der Waals surface area (Å²) in [5.74, 6) is 0.805. The Bertz CT molecular complexity index is 898. The smallest absolute Gasteiger partial charge is 0.225 e. The van der Waals surface area contributed by atoms with Gasteiger partial charge in [0.15, 0.2) is 0 Å². The Labute approximate surface area is 158 Å². The van der Waals surface area contributed by atoms with Crippen molar-refractivity contribution in [3.8, 4) is 11.4 Å². The van der Waals surface area contributed by atoms with Gasteiger partial charge in [0.1, 0.15) is 11.6 Å². The van der Waals surface area contributed by atoms with Crippen LogP contribution >= 0.6 is 0 Å². The van der Waals surface area contributed by atoms with Gasteiger partial charge >= 0.3 is 0 Å². The second kappa shape index (κ2) is 8.55. The molecule has 7 heteroatoms. The summed E-state index contributed by atoms with van der Waals surface area (Å²) < 4.78 is 13.8. The molecule has 0 unspecified atom stereocenters. The summed E-state index contributed by atoms with van der Waals surface area (Å²) in [5, 5.41) is 6.38. The Balaban J connectivity index is 1.90. The lowest BCUT2D eigenvalue weighted by molar-refractivity contribution is 0.425. The molecule has 0 saturated heterocycles. The van der Waals surface area contributed by atoms with Crippen molar-refractivity contribution in [2.45, 2.75) is 6.92 Å². The molecule has 1 aromatic carbocycles. The number of rotatable bonds is 7. The van der Waals surface area contributed by atoms with Gasteiger partial charge in [-0.25, -0.2) is 9.37 Å². The maximum Gasteiger partial charge on any atom is 0.225 e. The van der Waals surface area contributed by atoms with Crippen molar-refractivity contribution in [2.75, 3.05) is 37.8 Å². The molecule has 3 aromatic rings. The standard InChI is InChI=1S/C20H23FN6/c1-14-7-8-15(12-16(14)21)24-19-13-18(17-6-4-5-9-22-17)25-20(26-19)23-10-11-27(2)3/h4-9,12-13H,10-11H2,1-3H3,(H2,23,24,25,26). The lowest BCUT2D eigenvalue weighted by Crippen LogP contribution is -2.21. The topological polar surface area (TPSA) is 66.0 Å². The number of anilines is 3. The van der Waals surface area contributed by atoms with Crippen LogP contribution in [0.2, 0.25) is 0 Å². The van der Waals surface area contributed by atoms with Gasteiger partial charge in [-0.05, 0) is 50.8 Å². The summed E-state index contributed by atoms with van der Waals surface area (Å²) in [4.78, 5) is 15.5.